The Balaban J connectivity index is 1.13. The fraction of sp³-hybridized carbons (Fsp3) is 0.517. The summed E-state index contributed by atoms with van der Waals surface area (Å²) < 4.78 is 11.5. The molecule has 2 aromatic rings. The standard InChI is InChI=1S/C29H40N4O4/c1-31(22-25-11-12-28(34)30-25)21-23-6-5-8-26(20-23)37-19-18-32-14-16-33(17-15-32)29(35)13-10-24-7-3-4-9-27(24)36-2/h3-9,20,25H,10-19,21-22H2,1-2H3,(H,30,34)/t25-/m1/s1. The first-order valence-corrected chi connectivity index (χ1v) is 13.3. The van der Waals surface area contributed by atoms with E-state index < -0.39 is 0 Å². The van der Waals surface area contributed by atoms with E-state index in [1.807, 2.05) is 41.3 Å². The highest BCUT2D eigenvalue weighted by Crippen LogP contribution is 2.20. The number of methoxy groups -OCH3 is 1. The van der Waals surface area contributed by atoms with E-state index in [2.05, 4.69) is 34.3 Å². The lowest BCUT2D eigenvalue weighted by Gasteiger charge is -2.34. The molecule has 0 radical (unpaired) electrons. The van der Waals surface area contributed by atoms with Crippen molar-refractivity contribution < 1.29 is 19.1 Å². The van der Waals surface area contributed by atoms with Crippen molar-refractivity contribution in [3.8, 4) is 11.5 Å². The second-order valence-corrected chi connectivity index (χ2v) is 10.0. The normalized spacial score (nSPS) is 18.2. The van der Waals surface area contributed by atoms with Crippen LogP contribution in [0.1, 0.15) is 30.4 Å². The van der Waals surface area contributed by atoms with E-state index >= 15 is 0 Å². The summed E-state index contributed by atoms with van der Waals surface area (Å²) >= 11 is 0. The molecule has 8 nitrogen and oxygen atoms in total. The summed E-state index contributed by atoms with van der Waals surface area (Å²) in [5, 5.41) is 3.03. The van der Waals surface area contributed by atoms with Gasteiger partial charge in [0, 0.05) is 64.7 Å². The fourth-order valence-electron chi connectivity index (χ4n) is 5.12. The van der Waals surface area contributed by atoms with Crippen LogP contribution in [0.15, 0.2) is 48.5 Å². The number of rotatable bonds is 12. The van der Waals surface area contributed by atoms with Crippen molar-refractivity contribution in [1.82, 2.24) is 20.0 Å². The summed E-state index contributed by atoms with van der Waals surface area (Å²) in [6.07, 6.45) is 2.75. The third-order valence-corrected chi connectivity index (χ3v) is 7.17. The first-order chi connectivity index (χ1) is 18.0. The molecule has 2 amide bonds. The molecule has 8 heteroatoms. The van der Waals surface area contributed by atoms with Crippen molar-refractivity contribution in [1.29, 1.82) is 0 Å². The van der Waals surface area contributed by atoms with Gasteiger partial charge in [-0.25, -0.2) is 0 Å². The highest BCUT2D eigenvalue weighted by Gasteiger charge is 2.22. The largest absolute Gasteiger partial charge is 0.496 e. The maximum absolute atomic E-state index is 12.7. The van der Waals surface area contributed by atoms with Gasteiger partial charge in [-0.15, -0.1) is 0 Å². The van der Waals surface area contributed by atoms with Crippen LogP contribution < -0.4 is 14.8 Å². The molecule has 2 aliphatic rings. The van der Waals surface area contributed by atoms with Crippen molar-refractivity contribution in [3.05, 3.63) is 59.7 Å². The lowest BCUT2D eigenvalue weighted by molar-refractivity contribution is -0.133. The van der Waals surface area contributed by atoms with Crippen LogP contribution in [0.2, 0.25) is 0 Å². The van der Waals surface area contributed by atoms with Crippen molar-refractivity contribution in [2.75, 3.05) is 60.0 Å². The molecule has 1 atom stereocenters. The summed E-state index contributed by atoms with van der Waals surface area (Å²) in [4.78, 5) is 30.7. The van der Waals surface area contributed by atoms with E-state index in [1.54, 1.807) is 7.11 Å². The minimum Gasteiger partial charge on any atom is -0.496 e. The molecule has 0 saturated carbocycles. The topological polar surface area (TPSA) is 74.4 Å². The molecule has 0 unspecified atom stereocenters. The predicted octanol–water partition coefficient (Wildman–Crippen LogP) is 2.56. The Morgan fingerprint density at radius 3 is 2.68 bits per heavy atom. The van der Waals surface area contributed by atoms with E-state index in [-0.39, 0.29) is 17.9 Å². The monoisotopic (exact) mass is 508 g/mol. The van der Waals surface area contributed by atoms with Gasteiger partial charge in [0.05, 0.1) is 7.11 Å². The second-order valence-electron chi connectivity index (χ2n) is 10.0. The third-order valence-electron chi connectivity index (χ3n) is 7.17. The Kier molecular flexibility index (Phi) is 9.79. The fourth-order valence-corrected chi connectivity index (χ4v) is 5.12. The lowest BCUT2D eigenvalue weighted by Crippen LogP contribution is -2.49. The van der Waals surface area contributed by atoms with Gasteiger partial charge in [-0.1, -0.05) is 30.3 Å². The molecule has 2 aliphatic heterocycles. The summed E-state index contributed by atoms with van der Waals surface area (Å²) in [7, 11) is 3.75. The molecule has 2 aromatic carbocycles. The van der Waals surface area contributed by atoms with Gasteiger partial charge >= 0.3 is 0 Å². The average Bonchev–Trinajstić information content (AvgIpc) is 3.32. The number of hydrogen-bond acceptors (Lipinski definition) is 6. The Morgan fingerprint density at radius 2 is 1.92 bits per heavy atom. The number of carbonyl (C=O) groups excluding carboxylic acids is 2. The predicted molar refractivity (Wildman–Crippen MR) is 144 cm³/mol. The van der Waals surface area contributed by atoms with Gasteiger partial charge in [-0.05, 0) is 49.2 Å². The van der Waals surface area contributed by atoms with Crippen molar-refractivity contribution in [3.63, 3.8) is 0 Å². The molecule has 0 bridgehead atoms. The van der Waals surface area contributed by atoms with Crippen LogP contribution in [0, 0.1) is 0 Å². The molecule has 0 aliphatic carbocycles. The Morgan fingerprint density at radius 1 is 1.11 bits per heavy atom. The van der Waals surface area contributed by atoms with Crippen LogP contribution in [0.25, 0.3) is 0 Å². The zero-order valence-corrected chi connectivity index (χ0v) is 22.2. The van der Waals surface area contributed by atoms with E-state index in [1.165, 1.54) is 5.56 Å². The van der Waals surface area contributed by atoms with Crippen molar-refractivity contribution in [2.45, 2.75) is 38.3 Å². The average molecular weight is 509 g/mol. The summed E-state index contributed by atoms with van der Waals surface area (Å²) in [6.45, 7) is 6.38. The van der Waals surface area contributed by atoms with Gasteiger partial charge in [-0.3, -0.25) is 14.5 Å². The minimum absolute atomic E-state index is 0.158. The molecular formula is C29H40N4O4. The number of hydrogen-bond donors (Lipinski definition) is 1. The second kappa shape index (κ2) is 13.4. The van der Waals surface area contributed by atoms with Gasteiger partial charge in [0.25, 0.3) is 0 Å². The summed E-state index contributed by atoms with van der Waals surface area (Å²) in [5.41, 5.74) is 2.27. The smallest absolute Gasteiger partial charge is 0.222 e. The summed E-state index contributed by atoms with van der Waals surface area (Å²) in [5.74, 6) is 2.09. The van der Waals surface area contributed by atoms with Crippen LogP contribution >= 0.6 is 0 Å². The van der Waals surface area contributed by atoms with Gasteiger partial charge in [0.1, 0.15) is 18.1 Å². The molecule has 1 N–H and O–H groups in total. The van der Waals surface area contributed by atoms with Crippen LogP contribution in [0.4, 0.5) is 0 Å². The van der Waals surface area contributed by atoms with Crippen molar-refractivity contribution >= 4 is 11.8 Å². The maximum atomic E-state index is 12.7. The SMILES string of the molecule is COc1ccccc1CCC(=O)N1CCN(CCOc2cccc(CN(C)C[C@H]3CCC(=O)N3)c2)CC1. The van der Waals surface area contributed by atoms with Crippen LogP contribution in [-0.4, -0.2) is 92.6 Å². The number of amides is 2. The lowest BCUT2D eigenvalue weighted by atomic mass is 10.1. The number of nitrogens with one attached hydrogen (secondary N) is 1. The molecule has 2 heterocycles. The zero-order chi connectivity index (χ0) is 26.0. The van der Waals surface area contributed by atoms with E-state index in [0.29, 0.717) is 25.9 Å². The number of piperazine rings is 1. The van der Waals surface area contributed by atoms with E-state index in [0.717, 1.165) is 69.3 Å². The van der Waals surface area contributed by atoms with Gasteiger partial charge < -0.3 is 24.6 Å². The highest BCUT2D eigenvalue weighted by molar-refractivity contribution is 5.78. The Hall–Kier alpha value is -3.10. The molecule has 0 spiro atoms. The minimum atomic E-state index is 0.158. The molecule has 200 valence electrons. The molecular weight excluding hydrogens is 468 g/mol. The van der Waals surface area contributed by atoms with Gasteiger partial charge in [0.2, 0.25) is 11.8 Å². The number of carbonyl (C=O) groups is 2. The van der Waals surface area contributed by atoms with Crippen LogP contribution in [0.5, 0.6) is 11.5 Å². The molecule has 37 heavy (non-hydrogen) atoms. The number of likely N-dealkylation sites (N-methyl/N-ethyl adjacent to an activating group) is 1. The van der Waals surface area contributed by atoms with Gasteiger partial charge in [0.15, 0.2) is 0 Å². The number of aryl methyl sites for hydroxylation is 1. The molecule has 2 saturated heterocycles. The van der Waals surface area contributed by atoms with E-state index in [9.17, 15) is 9.59 Å². The molecule has 4 rings (SSSR count). The number of benzene rings is 2. The first kappa shape index (κ1) is 26.9. The maximum Gasteiger partial charge on any atom is 0.222 e. The highest BCUT2D eigenvalue weighted by atomic mass is 16.5. The van der Waals surface area contributed by atoms with Crippen molar-refractivity contribution in [2.24, 2.45) is 0 Å². The van der Waals surface area contributed by atoms with Crippen LogP contribution in [-0.2, 0) is 22.6 Å². The Labute approximate surface area is 220 Å². The van der Waals surface area contributed by atoms with Crippen LogP contribution in [0.3, 0.4) is 0 Å². The molecule has 2 fully saturated rings. The zero-order valence-electron chi connectivity index (χ0n) is 22.2. The first-order valence-electron chi connectivity index (χ1n) is 13.3. The van der Waals surface area contributed by atoms with Gasteiger partial charge in [-0.2, -0.15) is 0 Å². The quantitative estimate of drug-likeness (QED) is 0.475. The Bertz CT molecular complexity index is 1040. The number of ether oxygens (including phenoxy) is 2. The third kappa shape index (κ3) is 8.20. The molecule has 0 aromatic heterocycles. The summed E-state index contributed by atoms with van der Waals surface area (Å²) in [6, 6.07) is 16.4. The number of nitrogens with zero attached hydrogens (tertiary/aromatic N) is 3. The number of para-hydroxylation sites is 1. The van der Waals surface area contributed by atoms with E-state index in [4.69, 9.17) is 9.47 Å².